The van der Waals surface area contributed by atoms with E-state index in [9.17, 15) is 52.7 Å². The molecule has 1 aliphatic heterocycles. The highest BCUT2D eigenvalue weighted by atomic mass is 32.2. The van der Waals surface area contributed by atoms with Crippen LogP contribution in [0.4, 0.5) is 4.79 Å². The van der Waals surface area contributed by atoms with E-state index in [-0.39, 0.29) is 71.5 Å². The van der Waals surface area contributed by atoms with Crippen LogP contribution < -0.4 is 31.9 Å². The molecule has 23 nitrogen and oxygen atoms in total. The molecule has 28 heteroatoms. The van der Waals surface area contributed by atoms with E-state index in [1.165, 1.54) is 77.0 Å². The van der Waals surface area contributed by atoms with Crippen LogP contribution in [0.2, 0.25) is 25.7 Å². The van der Waals surface area contributed by atoms with Crippen LogP contribution in [0.1, 0.15) is 182 Å². The zero-order valence-electron chi connectivity index (χ0n) is 53.9. The number of fused-ring (bicyclic) bond motifs is 2. The molecular formula is C62H94N8O15S4Si. The Labute approximate surface area is 547 Å². The van der Waals surface area contributed by atoms with Crippen LogP contribution in [0.25, 0.3) is 0 Å². The van der Waals surface area contributed by atoms with Crippen molar-refractivity contribution in [3.63, 3.8) is 0 Å². The van der Waals surface area contributed by atoms with Crippen molar-refractivity contribution in [3.8, 4) is 0 Å². The van der Waals surface area contributed by atoms with E-state index in [0.29, 0.717) is 47.2 Å². The summed E-state index contributed by atoms with van der Waals surface area (Å²) in [5.74, 6) is -3.88. The molecule has 0 unspecified atom stereocenters. The first-order valence-corrected chi connectivity index (χ1v) is 38.0. The Hall–Kier alpha value is -6.49. The number of carbonyl (C=O) groups is 11. The average Bonchev–Trinajstić information content (AvgIpc) is 2.87. The van der Waals surface area contributed by atoms with Crippen molar-refractivity contribution >= 4 is 118 Å². The highest BCUT2D eigenvalue weighted by molar-refractivity contribution is 8.13. The summed E-state index contributed by atoms with van der Waals surface area (Å²) in [5, 5.41) is 19.4. The summed E-state index contributed by atoms with van der Waals surface area (Å²) in [6.45, 7) is 18.6. The highest BCUT2D eigenvalue weighted by Gasteiger charge is 2.24. The van der Waals surface area contributed by atoms with Gasteiger partial charge in [-0.25, -0.2) is 14.8 Å². The van der Waals surface area contributed by atoms with E-state index in [1.807, 2.05) is 0 Å². The fraction of sp³-hybridized carbons (Fsp3) is 0.597. The van der Waals surface area contributed by atoms with Gasteiger partial charge < -0.3 is 50.8 Å². The lowest BCUT2D eigenvalue weighted by Crippen LogP contribution is -2.39. The van der Waals surface area contributed by atoms with Crippen molar-refractivity contribution in [2.24, 2.45) is 0 Å². The van der Waals surface area contributed by atoms with Gasteiger partial charge in [-0.15, -0.1) is 22.7 Å². The maximum Gasteiger partial charge on any atom is 0.408 e. The molecule has 6 amide bonds. The molecule has 3 rings (SSSR count). The topological polar surface area (TPSA) is 323 Å². The fourth-order valence-corrected chi connectivity index (χ4v) is 11.2. The number of unbranched alkanes of at least 4 members (excludes halogenated alkanes) is 8. The molecule has 6 N–H and O–H groups in total. The fourth-order valence-electron chi connectivity index (χ4n) is 7.55. The second-order valence-electron chi connectivity index (χ2n) is 22.8. The number of alkyl carbamates (subject to hydrolysis) is 1. The summed E-state index contributed by atoms with van der Waals surface area (Å²) in [4.78, 5) is 145. The van der Waals surface area contributed by atoms with Gasteiger partial charge in [0, 0.05) is 43.2 Å². The molecule has 0 radical (unpaired) electrons. The monoisotopic (exact) mass is 1350 g/mol. The van der Waals surface area contributed by atoms with Crippen LogP contribution in [-0.2, 0) is 70.4 Å². The number of hydrogen-bond acceptors (Lipinski definition) is 21. The molecule has 90 heavy (non-hydrogen) atoms. The average molecular weight is 1350 g/mol. The second kappa shape index (κ2) is 44.9. The lowest BCUT2D eigenvalue weighted by atomic mass is 10.1. The van der Waals surface area contributed by atoms with Gasteiger partial charge in [0.25, 0.3) is 23.6 Å². The third kappa shape index (κ3) is 38.3. The van der Waals surface area contributed by atoms with Crippen LogP contribution in [0.5, 0.6) is 0 Å². The predicted octanol–water partition coefficient (Wildman–Crippen LogP) is 10.1. The first-order chi connectivity index (χ1) is 42.7. The predicted molar refractivity (Wildman–Crippen MR) is 355 cm³/mol. The Morgan fingerprint density at radius 3 is 2.06 bits per heavy atom. The molecule has 500 valence electrons. The van der Waals surface area contributed by atoms with Crippen molar-refractivity contribution in [1.82, 2.24) is 41.9 Å². The number of allylic oxidation sites excluding steroid dienone is 4. The molecule has 0 saturated carbocycles. The standard InChI is InChI=1S/C36H58N4O9S2Si.C26H36N4O6S2/c1-9-11-12-13-14-18-32(43)50-20-16-15-17-26(22-30(41)47-19-21-52(6,7)8)48-31(42)24-37-33(44)27(10-2)40-34(45)28-25-51-29(39-28)23-38-35(46)49-36(3,4)5;1-3-5-6-7-8-12-24(33)37-13-10-9-11-18-14-21(31)27-15-22-29-20(17-38-22)26(35)30-19(4-2)25(34)28-16-23(32)36-18/h10,15,17,25-26H,9,11-14,16,18-24H2,1-8H3,(H,37,44)(H,38,46)(H,40,45);4,9,11,17-18H,3,5-8,10,12-16H2,1-2H3,(H,27,31)(H,28,34)(H,30,35)/b17-15+,27-10-;11-9+,19-4-/t26-;18-/m11/s1. The normalized spacial score (nSPS) is 15.2. The van der Waals surface area contributed by atoms with Crippen LogP contribution in [0.3, 0.4) is 0 Å². The maximum atomic E-state index is 12.8. The Bertz CT molecular complexity index is 2790. The molecule has 2 bridgehead atoms. The Balaban J connectivity index is 0.000000643. The van der Waals surface area contributed by atoms with Gasteiger partial charge in [-0.1, -0.05) is 133 Å². The molecule has 0 aliphatic carbocycles. The molecular weight excluding hydrogens is 1250 g/mol. The van der Waals surface area contributed by atoms with Crippen LogP contribution in [0, 0.1) is 0 Å². The van der Waals surface area contributed by atoms with Gasteiger partial charge in [-0.05, 0) is 78.5 Å². The number of rotatable bonds is 33. The largest absolute Gasteiger partial charge is 0.466 e. The van der Waals surface area contributed by atoms with Crippen LogP contribution in [-0.4, -0.2) is 131 Å². The van der Waals surface area contributed by atoms with E-state index in [0.717, 1.165) is 62.3 Å². The molecule has 3 heterocycles. The summed E-state index contributed by atoms with van der Waals surface area (Å²) in [6, 6.07) is 0.799. The lowest BCUT2D eigenvalue weighted by molar-refractivity contribution is -0.152. The number of thiazole rings is 2. The van der Waals surface area contributed by atoms with E-state index in [4.69, 9.17) is 18.9 Å². The quantitative estimate of drug-likeness (QED) is 0.00966. The summed E-state index contributed by atoms with van der Waals surface area (Å²) in [6.07, 6.45) is 20.0. The number of esters is 3. The van der Waals surface area contributed by atoms with Crippen LogP contribution in [0.15, 0.2) is 58.6 Å². The Morgan fingerprint density at radius 1 is 0.800 bits per heavy atom. The second-order valence-corrected chi connectivity index (χ2v) is 32.6. The number of ether oxygens (including phenoxy) is 4. The Kier molecular flexibility index (Phi) is 39.7. The van der Waals surface area contributed by atoms with E-state index in [2.05, 4.69) is 75.4 Å². The molecule has 0 aromatic carbocycles. The number of thioether (sulfide) groups is 2. The summed E-state index contributed by atoms with van der Waals surface area (Å²) in [5.41, 5.74) is -0.648. The van der Waals surface area contributed by atoms with Crippen molar-refractivity contribution < 1.29 is 71.7 Å². The zero-order valence-corrected chi connectivity index (χ0v) is 58.2. The number of nitrogens with zero attached hydrogens (tertiary/aromatic N) is 2. The number of aromatic nitrogens is 2. The maximum absolute atomic E-state index is 12.8. The van der Waals surface area contributed by atoms with Gasteiger partial charge in [0.2, 0.25) is 5.91 Å². The van der Waals surface area contributed by atoms with Crippen molar-refractivity contribution in [1.29, 1.82) is 0 Å². The number of nitrogens with one attached hydrogen (secondary N) is 6. The lowest BCUT2D eigenvalue weighted by Gasteiger charge is -2.19. The first kappa shape index (κ1) is 79.6. The van der Waals surface area contributed by atoms with Gasteiger partial charge in [-0.2, -0.15) is 0 Å². The first-order valence-electron chi connectivity index (χ1n) is 30.6. The minimum atomic E-state index is -1.42. The Morgan fingerprint density at radius 2 is 1.44 bits per heavy atom. The van der Waals surface area contributed by atoms with Gasteiger partial charge in [0.05, 0.1) is 32.5 Å². The molecule has 2 atom stereocenters. The van der Waals surface area contributed by atoms with E-state index < -0.39 is 86.6 Å². The van der Waals surface area contributed by atoms with E-state index >= 15 is 0 Å². The molecule has 2 aromatic heterocycles. The minimum Gasteiger partial charge on any atom is -0.466 e. The summed E-state index contributed by atoms with van der Waals surface area (Å²) < 4.78 is 21.5. The molecule has 0 spiro atoms. The number of amides is 6. The van der Waals surface area contributed by atoms with Gasteiger partial charge in [-0.3, -0.25) is 47.9 Å². The third-order valence-electron chi connectivity index (χ3n) is 12.3. The molecule has 0 fully saturated rings. The van der Waals surface area contributed by atoms with Gasteiger partial charge in [0.15, 0.2) is 10.2 Å². The van der Waals surface area contributed by atoms with Crippen molar-refractivity contribution in [2.45, 2.75) is 208 Å². The highest BCUT2D eigenvalue weighted by Crippen LogP contribution is 2.18. The van der Waals surface area contributed by atoms with Crippen LogP contribution >= 0.6 is 46.2 Å². The molecule has 2 aromatic rings. The molecule has 0 saturated heterocycles. The number of hydrogen-bond donors (Lipinski definition) is 6. The molecule has 1 aliphatic rings. The third-order valence-corrected chi connectivity index (χ3v) is 17.7. The minimum absolute atomic E-state index is 0.0257. The SMILES string of the molecule is C/C=C(\NC(=O)c1csc(CNC(=O)OC(C)(C)C)n1)C(=O)NCC(=O)O[C@H](/C=C/CCSC(=O)CCCCCCC)CC(=O)OCC[Si](C)(C)C.C/C=C1\NC(=O)c2csc(n2)CNC(=O)C[C@@H](/C=C/CCSC(=O)CCCCCCC)OC(=O)CNC1=O. The number of carbonyl (C=O) groups excluding carboxylic acids is 11. The summed E-state index contributed by atoms with van der Waals surface area (Å²) >= 11 is 4.90. The van der Waals surface area contributed by atoms with Gasteiger partial charge >= 0.3 is 24.0 Å². The van der Waals surface area contributed by atoms with Crippen molar-refractivity contribution in [2.75, 3.05) is 31.2 Å². The number of cyclic esters (lactones) is 1. The summed E-state index contributed by atoms with van der Waals surface area (Å²) in [7, 11) is -1.42. The smallest absolute Gasteiger partial charge is 0.408 e. The zero-order chi connectivity index (χ0) is 66.9. The van der Waals surface area contributed by atoms with E-state index in [1.54, 1.807) is 58.9 Å². The van der Waals surface area contributed by atoms with Gasteiger partial charge in [0.1, 0.15) is 63.7 Å². The van der Waals surface area contributed by atoms with Crippen molar-refractivity contribution in [3.05, 3.63) is 80.0 Å².